The fourth-order valence-corrected chi connectivity index (χ4v) is 3.90. The van der Waals surface area contributed by atoms with Crippen LogP contribution in [0.2, 0.25) is 0 Å². The van der Waals surface area contributed by atoms with Crippen LogP contribution in [-0.2, 0) is 16.6 Å². The number of carbonyl (C=O) groups is 1. The molecule has 0 radical (unpaired) electrons. The predicted molar refractivity (Wildman–Crippen MR) is 69.1 cm³/mol. The van der Waals surface area contributed by atoms with Crippen molar-refractivity contribution in [1.82, 2.24) is 14.9 Å². The first-order valence-corrected chi connectivity index (χ1v) is 7.72. The van der Waals surface area contributed by atoms with Crippen molar-refractivity contribution in [2.75, 3.05) is 0 Å². The van der Waals surface area contributed by atoms with E-state index in [2.05, 4.69) is 14.9 Å². The molecule has 20 heavy (non-hydrogen) atoms. The van der Waals surface area contributed by atoms with Crippen molar-refractivity contribution >= 4 is 27.3 Å². The highest BCUT2D eigenvalue weighted by atomic mass is 32.2. The van der Waals surface area contributed by atoms with E-state index in [1.807, 2.05) is 0 Å². The molecule has 0 saturated heterocycles. The number of nitrogens with one attached hydrogen (secondary N) is 1. The maximum absolute atomic E-state index is 12.1. The lowest BCUT2D eigenvalue weighted by Crippen LogP contribution is -2.24. The van der Waals surface area contributed by atoms with Gasteiger partial charge >= 0.3 is 5.97 Å². The van der Waals surface area contributed by atoms with E-state index in [-0.39, 0.29) is 22.1 Å². The zero-order valence-corrected chi connectivity index (χ0v) is 12.2. The lowest BCUT2D eigenvalue weighted by Gasteiger charge is -2.03. The second-order valence-electron chi connectivity index (χ2n) is 3.89. The summed E-state index contributed by atoms with van der Waals surface area (Å²) in [4.78, 5) is 15.0. The average Bonchev–Trinajstić information content (AvgIpc) is 2.93. The van der Waals surface area contributed by atoms with Gasteiger partial charge in [-0.1, -0.05) is 5.16 Å². The first-order chi connectivity index (χ1) is 9.29. The minimum absolute atomic E-state index is 0.0294. The van der Waals surface area contributed by atoms with Crippen LogP contribution < -0.4 is 4.72 Å². The van der Waals surface area contributed by atoms with E-state index >= 15 is 0 Å². The van der Waals surface area contributed by atoms with E-state index in [1.165, 1.54) is 0 Å². The fourth-order valence-electron chi connectivity index (χ4n) is 1.49. The van der Waals surface area contributed by atoms with Gasteiger partial charge in [0, 0.05) is 11.8 Å². The molecule has 8 nitrogen and oxygen atoms in total. The molecule has 108 valence electrons. The molecule has 2 aromatic heterocycles. The molecule has 0 saturated carbocycles. The second kappa shape index (κ2) is 5.31. The van der Waals surface area contributed by atoms with Gasteiger partial charge in [-0.3, -0.25) is 0 Å². The fraction of sp³-hybridized carbons (Fsp3) is 0.300. The summed E-state index contributed by atoms with van der Waals surface area (Å²) in [6.45, 7) is 3.01. The van der Waals surface area contributed by atoms with Crippen molar-refractivity contribution in [3.63, 3.8) is 0 Å². The minimum atomic E-state index is -3.82. The number of aryl methyl sites for hydroxylation is 2. The van der Waals surface area contributed by atoms with Crippen molar-refractivity contribution in [2.45, 2.75) is 25.3 Å². The highest BCUT2D eigenvalue weighted by molar-refractivity contribution is 7.89. The van der Waals surface area contributed by atoms with Crippen LogP contribution in [0.15, 0.2) is 15.5 Å². The molecule has 0 fully saturated rings. The molecule has 2 rings (SSSR count). The standard InChI is InChI=1S/C10H11N3O5S2/c1-5-8(3-7(19-5)10(14)15)20(16,17)11-4-9-12-6(2)18-13-9/h3,11H,4H2,1-2H3,(H,14,15). The van der Waals surface area contributed by atoms with Gasteiger partial charge in [0.25, 0.3) is 0 Å². The maximum atomic E-state index is 12.1. The van der Waals surface area contributed by atoms with Gasteiger partial charge in [0.15, 0.2) is 5.82 Å². The molecule has 2 N–H and O–H groups in total. The molecular formula is C10H11N3O5S2. The number of rotatable bonds is 5. The summed E-state index contributed by atoms with van der Waals surface area (Å²) in [7, 11) is -3.82. The van der Waals surface area contributed by atoms with Crippen LogP contribution in [0.3, 0.4) is 0 Å². The highest BCUT2D eigenvalue weighted by Crippen LogP contribution is 2.25. The summed E-state index contributed by atoms with van der Waals surface area (Å²) in [6.07, 6.45) is 0. The Kier molecular flexibility index (Phi) is 3.88. The van der Waals surface area contributed by atoms with Crippen LogP contribution in [0, 0.1) is 13.8 Å². The normalized spacial score (nSPS) is 11.7. The Labute approximate surface area is 118 Å². The Morgan fingerprint density at radius 1 is 1.50 bits per heavy atom. The second-order valence-corrected chi connectivity index (χ2v) is 6.88. The summed E-state index contributed by atoms with van der Waals surface area (Å²) in [5.41, 5.74) is 0. The number of carboxylic acid groups (broad SMARTS) is 1. The Balaban J connectivity index is 2.20. The number of thiophene rings is 1. The number of sulfonamides is 1. The molecule has 0 bridgehead atoms. The van der Waals surface area contributed by atoms with Gasteiger partial charge in [0.2, 0.25) is 15.9 Å². The first-order valence-electron chi connectivity index (χ1n) is 5.42. The third-order valence-corrected chi connectivity index (χ3v) is 5.06. The molecule has 2 aromatic rings. The smallest absolute Gasteiger partial charge is 0.345 e. The zero-order valence-electron chi connectivity index (χ0n) is 10.6. The van der Waals surface area contributed by atoms with Crippen molar-refractivity contribution < 1.29 is 22.8 Å². The molecule has 2 heterocycles. The molecule has 0 unspecified atom stereocenters. The molecule has 0 aliphatic rings. The van der Waals surface area contributed by atoms with E-state index < -0.39 is 16.0 Å². The van der Waals surface area contributed by atoms with Crippen molar-refractivity contribution in [3.05, 3.63) is 27.5 Å². The van der Waals surface area contributed by atoms with Crippen molar-refractivity contribution in [2.24, 2.45) is 0 Å². The lowest BCUT2D eigenvalue weighted by molar-refractivity contribution is 0.0702. The van der Waals surface area contributed by atoms with Gasteiger partial charge in [0.05, 0.1) is 11.4 Å². The number of carboxylic acids is 1. The van der Waals surface area contributed by atoms with Gasteiger partial charge in [-0.25, -0.2) is 17.9 Å². The number of nitrogens with zero attached hydrogens (tertiary/aromatic N) is 2. The van der Waals surface area contributed by atoms with Gasteiger partial charge in [0.1, 0.15) is 4.88 Å². The number of hydrogen-bond donors (Lipinski definition) is 2. The first kappa shape index (κ1) is 14.6. The topological polar surface area (TPSA) is 122 Å². The van der Waals surface area contributed by atoms with Crippen LogP contribution in [0.1, 0.15) is 26.3 Å². The molecule has 0 aliphatic carbocycles. The Morgan fingerprint density at radius 3 is 2.70 bits per heavy atom. The van der Waals surface area contributed by atoms with Crippen LogP contribution >= 0.6 is 11.3 Å². The average molecular weight is 317 g/mol. The Hall–Kier alpha value is -1.78. The largest absolute Gasteiger partial charge is 0.477 e. The third-order valence-electron chi connectivity index (χ3n) is 2.36. The number of aromatic carboxylic acids is 1. The number of aromatic nitrogens is 2. The van der Waals surface area contributed by atoms with Gasteiger partial charge in [-0.15, -0.1) is 11.3 Å². The van der Waals surface area contributed by atoms with Crippen LogP contribution in [0.4, 0.5) is 0 Å². The van der Waals surface area contributed by atoms with Crippen LogP contribution in [-0.4, -0.2) is 29.6 Å². The number of hydrogen-bond acceptors (Lipinski definition) is 7. The Morgan fingerprint density at radius 2 is 2.20 bits per heavy atom. The van der Waals surface area contributed by atoms with Crippen LogP contribution in [0.25, 0.3) is 0 Å². The maximum Gasteiger partial charge on any atom is 0.345 e. The molecule has 0 aliphatic heterocycles. The summed E-state index contributed by atoms with van der Waals surface area (Å²) in [6, 6.07) is 1.13. The lowest BCUT2D eigenvalue weighted by atomic mass is 10.4. The van der Waals surface area contributed by atoms with E-state index in [9.17, 15) is 13.2 Å². The molecule has 0 aromatic carbocycles. The summed E-state index contributed by atoms with van der Waals surface area (Å²) < 4.78 is 31.2. The molecule has 0 atom stereocenters. The molecule has 0 spiro atoms. The van der Waals surface area contributed by atoms with Crippen molar-refractivity contribution in [1.29, 1.82) is 0 Å². The minimum Gasteiger partial charge on any atom is -0.477 e. The highest BCUT2D eigenvalue weighted by Gasteiger charge is 2.22. The Bertz CT molecular complexity index is 747. The summed E-state index contributed by atoms with van der Waals surface area (Å²) in [5, 5.41) is 12.4. The van der Waals surface area contributed by atoms with Gasteiger partial charge < -0.3 is 9.63 Å². The van der Waals surface area contributed by atoms with Crippen LogP contribution in [0.5, 0.6) is 0 Å². The van der Waals surface area contributed by atoms with Gasteiger partial charge in [-0.05, 0) is 13.0 Å². The van der Waals surface area contributed by atoms with E-state index in [0.717, 1.165) is 17.4 Å². The monoisotopic (exact) mass is 317 g/mol. The van der Waals surface area contributed by atoms with E-state index in [1.54, 1.807) is 13.8 Å². The molecular weight excluding hydrogens is 306 g/mol. The van der Waals surface area contributed by atoms with Crippen molar-refractivity contribution in [3.8, 4) is 0 Å². The van der Waals surface area contributed by atoms with E-state index in [0.29, 0.717) is 10.8 Å². The summed E-state index contributed by atoms with van der Waals surface area (Å²) in [5.74, 6) is -0.621. The molecule has 10 heteroatoms. The van der Waals surface area contributed by atoms with Gasteiger partial charge in [-0.2, -0.15) is 4.98 Å². The zero-order chi connectivity index (χ0) is 14.9. The predicted octanol–water partition coefficient (Wildman–Crippen LogP) is 0.925. The van der Waals surface area contributed by atoms with E-state index in [4.69, 9.17) is 9.63 Å². The third kappa shape index (κ3) is 3.03. The quantitative estimate of drug-likeness (QED) is 0.840. The summed E-state index contributed by atoms with van der Waals surface area (Å²) >= 11 is 0.907. The SMILES string of the molecule is Cc1nc(CNS(=O)(=O)c2cc(C(=O)O)sc2C)no1. The molecule has 0 amide bonds.